The van der Waals surface area contributed by atoms with Crippen LogP contribution in [0.4, 0.5) is 5.69 Å². The monoisotopic (exact) mass is 384 g/mol. The molecule has 2 heterocycles. The fourth-order valence-corrected chi connectivity index (χ4v) is 3.36. The SMILES string of the molecule is CC(=O)Nc1cccc(C(C)OC(=O)Cc2csc(-c3ccc(C)o3)n2)c1. The highest BCUT2D eigenvalue weighted by Gasteiger charge is 2.16. The van der Waals surface area contributed by atoms with E-state index in [1.807, 2.05) is 36.6 Å². The van der Waals surface area contributed by atoms with Crippen molar-refractivity contribution in [3.63, 3.8) is 0 Å². The summed E-state index contributed by atoms with van der Waals surface area (Å²) in [5.41, 5.74) is 2.12. The van der Waals surface area contributed by atoms with Gasteiger partial charge in [0.15, 0.2) is 10.8 Å². The number of thiazole rings is 1. The molecule has 0 radical (unpaired) electrons. The van der Waals surface area contributed by atoms with E-state index in [1.54, 1.807) is 19.1 Å². The molecule has 1 unspecified atom stereocenters. The van der Waals surface area contributed by atoms with Crippen LogP contribution in [0, 0.1) is 6.92 Å². The van der Waals surface area contributed by atoms with E-state index in [2.05, 4.69) is 10.3 Å². The van der Waals surface area contributed by atoms with Gasteiger partial charge >= 0.3 is 5.97 Å². The molecule has 3 aromatic rings. The average molecular weight is 384 g/mol. The summed E-state index contributed by atoms with van der Waals surface area (Å²) in [4.78, 5) is 27.9. The van der Waals surface area contributed by atoms with Gasteiger partial charge in [-0.2, -0.15) is 0 Å². The van der Waals surface area contributed by atoms with Gasteiger partial charge in [0.05, 0.1) is 12.1 Å². The highest BCUT2D eigenvalue weighted by molar-refractivity contribution is 7.13. The van der Waals surface area contributed by atoms with E-state index in [0.29, 0.717) is 17.1 Å². The first-order valence-electron chi connectivity index (χ1n) is 8.49. The topological polar surface area (TPSA) is 81.4 Å². The number of ether oxygens (including phenoxy) is 1. The van der Waals surface area contributed by atoms with E-state index in [4.69, 9.17) is 9.15 Å². The highest BCUT2D eigenvalue weighted by Crippen LogP contribution is 2.26. The minimum atomic E-state index is -0.433. The Bertz CT molecular complexity index is 960. The molecule has 0 aliphatic carbocycles. The van der Waals surface area contributed by atoms with Gasteiger partial charge in [-0.15, -0.1) is 11.3 Å². The molecule has 140 valence electrons. The smallest absolute Gasteiger partial charge is 0.312 e. The van der Waals surface area contributed by atoms with Crippen LogP contribution in [0.5, 0.6) is 0 Å². The second kappa shape index (κ2) is 8.18. The Morgan fingerprint density at radius 2 is 2.11 bits per heavy atom. The average Bonchev–Trinajstić information content (AvgIpc) is 3.23. The number of aryl methyl sites for hydroxylation is 1. The summed E-state index contributed by atoms with van der Waals surface area (Å²) in [6, 6.07) is 11.0. The number of furan rings is 1. The maximum Gasteiger partial charge on any atom is 0.312 e. The minimum Gasteiger partial charge on any atom is -0.459 e. The van der Waals surface area contributed by atoms with Crippen molar-refractivity contribution in [1.82, 2.24) is 4.98 Å². The summed E-state index contributed by atoms with van der Waals surface area (Å²) < 4.78 is 11.1. The van der Waals surface area contributed by atoms with Crippen molar-refractivity contribution in [2.24, 2.45) is 0 Å². The molecule has 1 N–H and O–H groups in total. The summed E-state index contributed by atoms with van der Waals surface area (Å²) in [6.45, 7) is 5.11. The summed E-state index contributed by atoms with van der Waals surface area (Å²) in [7, 11) is 0. The number of nitrogens with one attached hydrogen (secondary N) is 1. The number of hydrogen-bond acceptors (Lipinski definition) is 6. The van der Waals surface area contributed by atoms with Crippen LogP contribution in [0.1, 0.15) is 37.0 Å². The van der Waals surface area contributed by atoms with Gasteiger partial charge in [-0.25, -0.2) is 4.98 Å². The van der Waals surface area contributed by atoms with E-state index >= 15 is 0 Å². The molecule has 0 saturated heterocycles. The molecule has 0 aliphatic heterocycles. The van der Waals surface area contributed by atoms with E-state index < -0.39 is 6.10 Å². The van der Waals surface area contributed by atoms with Crippen molar-refractivity contribution >= 4 is 28.9 Å². The van der Waals surface area contributed by atoms with Gasteiger partial charge < -0.3 is 14.5 Å². The molecule has 1 atom stereocenters. The van der Waals surface area contributed by atoms with Crippen LogP contribution in [-0.2, 0) is 20.7 Å². The van der Waals surface area contributed by atoms with Crippen molar-refractivity contribution in [2.75, 3.05) is 5.32 Å². The minimum absolute atomic E-state index is 0.0892. The maximum atomic E-state index is 12.3. The van der Waals surface area contributed by atoms with Gasteiger partial charge in [0, 0.05) is 18.0 Å². The quantitative estimate of drug-likeness (QED) is 0.632. The van der Waals surface area contributed by atoms with Crippen molar-refractivity contribution in [3.05, 3.63) is 58.8 Å². The molecule has 0 aliphatic rings. The largest absolute Gasteiger partial charge is 0.459 e. The van der Waals surface area contributed by atoms with Gasteiger partial charge in [-0.05, 0) is 43.7 Å². The molecule has 0 saturated carbocycles. The Labute approximate surface area is 161 Å². The number of esters is 1. The van der Waals surface area contributed by atoms with Crippen LogP contribution in [-0.4, -0.2) is 16.9 Å². The van der Waals surface area contributed by atoms with Gasteiger partial charge in [0.2, 0.25) is 5.91 Å². The molecule has 27 heavy (non-hydrogen) atoms. The maximum absolute atomic E-state index is 12.3. The van der Waals surface area contributed by atoms with Gasteiger partial charge in [0.1, 0.15) is 11.9 Å². The number of carbonyl (C=O) groups excluding carboxylic acids is 2. The van der Waals surface area contributed by atoms with E-state index in [9.17, 15) is 9.59 Å². The zero-order chi connectivity index (χ0) is 19.4. The Hall–Kier alpha value is -2.93. The number of nitrogens with zero attached hydrogens (tertiary/aromatic N) is 1. The van der Waals surface area contributed by atoms with E-state index in [1.165, 1.54) is 18.3 Å². The lowest BCUT2D eigenvalue weighted by molar-refractivity contribution is -0.147. The predicted octanol–water partition coefficient (Wildman–Crippen LogP) is 4.52. The number of carbonyl (C=O) groups is 2. The van der Waals surface area contributed by atoms with Gasteiger partial charge in [0.25, 0.3) is 0 Å². The van der Waals surface area contributed by atoms with Crippen molar-refractivity contribution in [2.45, 2.75) is 33.3 Å². The molecular formula is C20H20N2O4S. The van der Waals surface area contributed by atoms with Crippen LogP contribution >= 0.6 is 11.3 Å². The van der Waals surface area contributed by atoms with Crippen molar-refractivity contribution in [1.29, 1.82) is 0 Å². The summed E-state index contributed by atoms with van der Waals surface area (Å²) in [5, 5.41) is 5.28. The number of hydrogen-bond donors (Lipinski definition) is 1. The third kappa shape index (κ3) is 5.04. The second-order valence-corrected chi connectivity index (χ2v) is 7.03. The summed E-state index contributed by atoms with van der Waals surface area (Å²) in [5.74, 6) is 1.000. The molecule has 0 spiro atoms. The number of anilines is 1. The van der Waals surface area contributed by atoms with Crippen LogP contribution in [0.2, 0.25) is 0 Å². The lowest BCUT2D eigenvalue weighted by atomic mass is 10.1. The normalized spacial score (nSPS) is 11.8. The second-order valence-electron chi connectivity index (χ2n) is 6.17. The number of rotatable bonds is 6. The summed E-state index contributed by atoms with van der Waals surface area (Å²) in [6.07, 6.45) is -0.344. The lowest BCUT2D eigenvalue weighted by Crippen LogP contribution is -2.12. The third-order valence-electron chi connectivity index (χ3n) is 3.81. The number of benzene rings is 1. The van der Waals surface area contributed by atoms with Gasteiger partial charge in [-0.1, -0.05) is 12.1 Å². The van der Waals surface area contributed by atoms with Crippen LogP contribution < -0.4 is 5.32 Å². The Morgan fingerprint density at radius 3 is 2.81 bits per heavy atom. The van der Waals surface area contributed by atoms with E-state index in [0.717, 1.165) is 16.3 Å². The molecule has 1 amide bonds. The molecule has 3 rings (SSSR count). The van der Waals surface area contributed by atoms with Crippen LogP contribution in [0.25, 0.3) is 10.8 Å². The molecule has 2 aromatic heterocycles. The number of amides is 1. The Kier molecular flexibility index (Phi) is 5.71. The van der Waals surface area contributed by atoms with Gasteiger partial charge in [-0.3, -0.25) is 9.59 Å². The molecule has 1 aromatic carbocycles. The molecular weight excluding hydrogens is 364 g/mol. The lowest BCUT2D eigenvalue weighted by Gasteiger charge is -2.14. The molecule has 0 bridgehead atoms. The first-order valence-corrected chi connectivity index (χ1v) is 9.37. The first-order chi connectivity index (χ1) is 12.9. The summed E-state index contributed by atoms with van der Waals surface area (Å²) >= 11 is 1.43. The fourth-order valence-electron chi connectivity index (χ4n) is 2.58. The predicted molar refractivity (Wildman–Crippen MR) is 104 cm³/mol. The van der Waals surface area contributed by atoms with Crippen LogP contribution in [0.3, 0.4) is 0 Å². The standard InChI is InChI=1S/C20H20N2O4S/c1-12-7-8-18(25-12)20-22-17(11-27-20)10-19(24)26-13(2)15-5-4-6-16(9-15)21-14(3)23/h4-9,11,13H,10H2,1-3H3,(H,21,23). The third-order valence-corrected chi connectivity index (χ3v) is 4.72. The molecule has 0 fully saturated rings. The first kappa shape index (κ1) is 18.8. The molecule has 6 nitrogen and oxygen atoms in total. The van der Waals surface area contributed by atoms with Crippen molar-refractivity contribution in [3.8, 4) is 10.8 Å². The van der Waals surface area contributed by atoms with E-state index in [-0.39, 0.29) is 18.3 Å². The fraction of sp³-hybridized carbons (Fsp3) is 0.250. The van der Waals surface area contributed by atoms with Crippen LogP contribution in [0.15, 0.2) is 46.2 Å². The zero-order valence-electron chi connectivity index (χ0n) is 15.3. The number of aromatic nitrogens is 1. The Balaban J connectivity index is 1.60. The Morgan fingerprint density at radius 1 is 1.30 bits per heavy atom. The molecule has 7 heteroatoms. The zero-order valence-corrected chi connectivity index (χ0v) is 16.1. The van der Waals surface area contributed by atoms with Crippen molar-refractivity contribution < 1.29 is 18.7 Å². The highest BCUT2D eigenvalue weighted by atomic mass is 32.1.